The largest absolute Gasteiger partial charge is 0.508 e. The van der Waals surface area contributed by atoms with E-state index >= 15 is 0 Å². The summed E-state index contributed by atoms with van der Waals surface area (Å²) in [6.07, 6.45) is 3.05. The fourth-order valence-electron chi connectivity index (χ4n) is 4.49. The minimum atomic E-state index is -0.410. The monoisotopic (exact) mass is 371 g/mol. The van der Waals surface area contributed by atoms with Crippen molar-refractivity contribution in [3.63, 3.8) is 0 Å². The molecule has 3 atom stereocenters. The lowest BCUT2D eigenvalue weighted by Gasteiger charge is -2.20. The fraction of sp³-hybridized carbons (Fsp3) is 0.455. The van der Waals surface area contributed by atoms with E-state index in [-0.39, 0.29) is 11.9 Å². The number of nitrogens with zero attached hydrogens (tertiary/aromatic N) is 1. The van der Waals surface area contributed by atoms with Gasteiger partial charge in [-0.25, -0.2) is 0 Å². The normalized spacial score (nSPS) is 24.7. The molecule has 1 saturated heterocycles. The molecule has 5 heteroatoms. The predicted octanol–water partition coefficient (Wildman–Crippen LogP) is 3.87. The van der Waals surface area contributed by atoms with Crippen LogP contribution in [-0.4, -0.2) is 42.9 Å². The SMILES string of the molecule is COc1cccc(O[C@H]2C[C@@H]3CN(CCc4ccc(O)cc4)C[C@@H]3C2)c1F. The van der Waals surface area contributed by atoms with Gasteiger partial charge >= 0.3 is 0 Å². The molecule has 1 saturated carbocycles. The topological polar surface area (TPSA) is 41.9 Å². The van der Waals surface area contributed by atoms with E-state index in [0.717, 1.165) is 38.9 Å². The molecule has 144 valence electrons. The second-order valence-electron chi connectivity index (χ2n) is 7.68. The van der Waals surface area contributed by atoms with Gasteiger partial charge in [-0.05, 0) is 60.9 Å². The van der Waals surface area contributed by atoms with Gasteiger partial charge in [0.2, 0.25) is 5.82 Å². The zero-order chi connectivity index (χ0) is 18.8. The van der Waals surface area contributed by atoms with E-state index in [9.17, 15) is 9.50 Å². The van der Waals surface area contributed by atoms with Crippen molar-refractivity contribution in [2.45, 2.75) is 25.4 Å². The van der Waals surface area contributed by atoms with E-state index in [1.54, 1.807) is 30.3 Å². The highest BCUT2D eigenvalue weighted by Crippen LogP contribution is 2.40. The molecule has 0 amide bonds. The first-order chi connectivity index (χ1) is 13.1. The molecule has 0 spiro atoms. The van der Waals surface area contributed by atoms with Crippen LogP contribution in [0.2, 0.25) is 0 Å². The molecule has 0 bridgehead atoms. The van der Waals surface area contributed by atoms with Gasteiger partial charge in [-0.15, -0.1) is 0 Å². The molecule has 2 aliphatic rings. The molecule has 0 unspecified atom stereocenters. The van der Waals surface area contributed by atoms with Crippen molar-refractivity contribution in [1.29, 1.82) is 0 Å². The van der Waals surface area contributed by atoms with Crippen LogP contribution in [0.1, 0.15) is 18.4 Å². The number of rotatable bonds is 6. The first-order valence-corrected chi connectivity index (χ1v) is 9.62. The summed E-state index contributed by atoms with van der Waals surface area (Å²) >= 11 is 0. The van der Waals surface area contributed by atoms with E-state index < -0.39 is 5.82 Å². The fourth-order valence-corrected chi connectivity index (χ4v) is 4.49. The summed E-state index contributed by atoms with van der Waals surface area (Å²) in [5, 5.41) is 9.37. The van der Waals surface area contributed by atoms with Crippen molar-refractivity contribution in [3.8, 4) is 17.2 Å². The first kappa shape index (κ1) is 18.1. The summed E-state index contributed by atoms with van der Waals surface area (Å²) in [4.78, 5) is 2.52. The van der Waals surface area contributed by atoms with Gasteiger partial charge < -0.3 is 19.5 Å². The molecule has 1 aliphatic heterocycles. The lowest BCUT2D eigenvalue weighted by atomic mass is 10.0. The first-order valence-electron chi connectivity index (χ1n) is 9.62. The lowest BCUT2D eigenvalue weighted by molar-refractivity contribution is 0.177. The van der Waals surface area contributed by atoms with Crippen LogP contribution >= 0.6 is 0 Å². The highest BCUT2D eigenvalue weighted by Gasteiger charge is 2.41. The van der Waals surface area contributed by atoms with Gasteiger partial charge in [0.15, 0.2) is 11.5 Å². The Bertz CT molecular complexity index is 766. The number of likely N-dealkylation sites (tertiary alicyclic amines) is 1. The van der Waals surface area contributed by atoms with Gasteiger partial charge in [-0.1, -0.05) is 18.2 Å². The molecule has 4 rings (SSSR count). The average Bonchev–Trinajstić information content (AvgIpc) is 3.21. The third-order valence-electron chi connectivity index (χ3n) is 5.88. The van der Waals surface area contributed by atoms with Crippen LogP contribution in [-0.2, 0) is 6.42 Å². The number of methoxy groups -OCH3 is 1. The molecule has 2 fully saturated rings. The van der Waals surface area contributed by atoms with Crippen LogP contribution in [0, 0.1) is 17.7 Å². The van der Waals surface area contributed by atoms with Crippen LogP contribution < -0.4 is 9.47 Å². The summed E-state index contributed by atoms with van der Waals surface area (Å²) in [6.45, 7) is 3.21. The molecule has 1 N–H and O–H groups in total. The summed E-state index contributed by atoms with van der Waals surface area (Å²) in [5.41, 5.74) is 1.25. The minimum absolute atomic E-state index is 0.0841. The number of aromatic hydroxyl groups is 1. The van der Waals surface area contributed by atoms with Crippen LogP contribution in [0.3, 0.4) is 0 Å². The molecule has 27 heavy (non-hydrogen) atoms. The Balaban J connectivity index is 1.28. The number of halogens is 1. The van der Waals surface area contributed by atoms with E-state index in [1.807, 2.05) is 12.1 Å². The summed E-state index contributed by atoms with van der Waals surface area (Å²) in [7, 11) is 1.47. The van der Waals surface area contributed by atoms with Gasteiger partial charge in [0.25, 0.3) is 0 Å². The van der Waals surface area contributed by atoms with Crippen LogP contribution in [0.5, 0.6) is 17.2 Å². The second kappa shape index (κ2) is 7.77. The number of phenols is 1. The average molecular weight is 371 g/mol. The maximum absolute atomic E-state index is 14.3. The van der Waals surface area contributed by atoms with E-state index in [2.05, 4.69) is 4.90 Å². The maximum atomic E-state index is 14.3. The molecule has 0 aromatic heterocycles. The number of benzene rings is 2. The number of fused-ring (bicyclic) bond motifs is 1. The predicted molar refractivity (Wildman–Crippen MR) is 102 cm³/mol. The van der Waals surface area contributed by atoms with E-state index in [0.29, 0.717) is 23.3 Å². The van der Waals surface area contributed by atoms with E-state index in [1.165, 1.54) is 12.7 Å². The van der Waals surface area contributed by atoms with Crippen molar-refractivity contribution in [3.05, 3.63) is 53.8 Å². The van der Waals surface area contributed by atoms with Gasteiger partial charge in [0.1, 0.15) is 5.75 Å². The Morgan fingerprint density at radius 1 is 1.04 bits per heavy atom. The smallest absolute Gasteiger partial charge is 0.206 e. The Morgan fingerprint density at radius 3 is 2.37 bits per heavy atom. The Kier molecular flexibility index (Phi) is 5.21. The van der Waals surface area contributed by atoms with Crippen LogP contribution in [0.15, 0.2) is 42.5 Å². The number of phenolic OH excluding ortho intramolecular Hbond substituents is 1. The van der Waals surface area contributed by atoms with Crippen LogP contribution in [0.4, 0.5) is 4.39 Å². The van der Waals surface area contributed by atoms with Crippen molar-refractivity contribution < 1.29 is 19.0 Å². The molecule has 1 heterocycles. The zero-order valence-electron chi connectivity index (χ0n) is 15.6. The van der Waals surface area contributed by atoms with Gasteiger partial charge in [-0.2, -0.15) is 4.39 Å². The molecule has 4 nitrogen and oxygen atoms in total. The van der Waals surface area contributed by atoms with Gasteiger partial charge in [0.05, 0.1) is 13.2 Å². The van der Waals surface area contributed by atoms with Crippen molar-refractivity contribution >= 4 is 0 Å². The highest BCUT2D eigenvalue weighted by molar-refractivity contribution is 5.35. The van der Waals surface area contributed by atoms with Gasteiger partial charge in [-0.3, -0.25) is 0 Å². The molecule has 1 aliphatic carbocycles. The third-order valence-corrected chi connectivity index (χ3v) is 5.88. The Labute approximate surface area is 159 Å². The molecular formula is C22H26FNO3. The molecule has 2 aromatic carbocycles. The van der Waals surface area contributed by atoms with Crippen molar-refractivity contribution in [1.82, 2.24) is 4.90 Å². The number of ether oxygens (including phenoxy) is 2. The summed E-state index contributed by atoms with van der Waals surface area (Å²) in [5.74, 6) is 1.68. The van der Waals surface area contributed by atoms with Crippen molar-refractivity contribution in [2.75, 3.05) is 26.7 Å². The summed E-state index contributed by atoms with van der Waals surface area (Å²) in [6, 6.07) is 12.5. The minimum Gasteiger partial charge on any atom is -0.508 e. The quantitative estimate of drug-likeness (QED) is 0.837. The zero-order valence-corrected chi connectivity index (χ0v) is 15.6. The third kappa shape index (κ3) is 4.03. The molecule has 2 aromatic rings. The Hall–Kier alpha value is -2.27. The number of hydrogen-bond acceptors (Lipinski definition) is 4. The van der Waals surface area contributed by atoms with E-state index in [4.69, 9.17) is 9.47 Å². The second-order valence-corrected chi connectivity index (χ2v) is 7.68. The maximum Gasteiger partial charge on any atom is 0.206 e. The standard InChI is InChI=1S/C22H26FNO3/c1-26-20-3-2-4-21(22(20)23)27-19-11-16-13-24(14-17(16)12-19)10-9-15-5-7-18(25)8-6-15/h2-8,16-17,19,25H,9-14H2,1H3/t16-,17+,19+. The van der Waals surface area contributed by atoms with Gasteiger partial charge in [0, 0.05) is 19.6 Å². The van der Waals surface area contributed by atoms with Crippen LogP contribution in [0.25, 0.3) is 0 Å². The Morgan fingerprint density at radius 2 is 1.70 bits per heavy atom. The lowest BCUT2D eigenvalue weighted by Crippen LogP contribution is -2.26. The summed E-state index contributed by atoms with van der Waals surface area (Å²) < 4.78 is 25.3. The highest BCUT2D eigenvalue weighted by atomic mass is 19.1. The van der Waals surface area contributed by atoms with Crippen molar-refractivity contribution in [2.24, 2.45) is 11.8 Å². The molecular weight excluding hydrogens is 345 g/mol. The number of hydrogen-bond donors (Lipinski definition) is 1. The molecule has 0 radical (unpaired) electrons.